The van der Waals surface area contributed by atoms with Crippen molar-refractivity contribution in [2.75, 3.05) is 36.8 Å². The summed E-state index contributed by atoms with van der Waals surface area (Å²) in [4.78, 5) is 6.73. The van der Waals surface area contributed by atoms with Crippen LogP contribution in [0.2, 0.25) is 5.02 Å². The van der Waals surface area contributed by atoms with E-state index < -0.39 is 31.6 Å². The maximum atomic E-state index is 14.9. The molecular formula is C20H23ClF2N4O2S. The Morgan fingerprint density at radius 1 is 1.30 bits per heavy atom. The number of anilines is 2. The van der Waals surface area contributed by atoms with Crippen LogP contribution >= 0.6 is 11.6 Å². The molecule has 1 aliphatic carbocycles. The Morgan fingerprint density at radius 2 is 2.03 bits per heavy atom. The minimum Gasteiger partial charge on any atom is -0.369 e. The third-order valence-corrected chi connectivity index (χ3v) is 7.82. The van der Waals surface area contributed by atoms with Crippen LogP contribution in [0.5, 0.6) is 0 Å². The monoisotopic (exact) mass is 456 g/mol. The van der Waals surface area contributed by atoms with E-state index in [1.54, 1.807) is 12.1 Å². The molecule has 1 aliphatic heterocycles. The zero-order valence-corrected chi connectivity index (χ0v) is 18.3. The maximum absolute atomic E-state index is 14.9. The molecule has 2 fully saturated rings. The van der Waals surface area contributed by atoms with Gasteiger partial charge in [-0.25, -0.2) is 22.2 Å². The van der Waals surface area contributed by atoms with E-state index in [1.807, 2.05) is 4.90 Å². The van der Waals surface area contributed by atoms with Crippen LogP contribution in [0.15, 0.2) is 35.4 Å². The third-order valence-electron chi connectivity index (χ3n) is 6.07. The average Bonchev–Trinajstić information content (AvgIpc) is 3.10. The van der Waals surface area contributed by atoms with Crippen LogP contribution in [0.4, 0.5) is 20.3 Å². The van der Waals surface area contributed by atoms with Crippen LogP contribution in [-0.2, 0) is 10.0 Å². The Hall–Kier alpha value is -1.97. The quantitative estimate of drug-likeness (QED) is 0.694. The summed E-state index contributed by atoms with van der Waals surface area (Å²) < 4.78 is 56.9. The number of nitrogens with zero attached hydrogens (tertiary/aromatic N) is 3. The van der Waals surface area contributed by atoms with Gasteiger partial charge in [-0.15, -0.1) is 0 Å². The number of nitrogens with one attached hydrogen (secondary N) is 1. The molecule has 0 radical (unpaired) electrons. The highest BCUT2D eigenvalue weighted by Gasteiger charge is 2.49. The van der Waals surface area contributed by atoms with E-state index in [0.29, 0.717) is 19.1 Å². The summed E-state index contributed by atoms with van der Waals surface area (Å²) in [6.45, 7) is 1.29. The molecule has 2 aliphatic rings. The molecule has 1 atom stereocenters. The van der Waals surface area contributed by atoms with Crippen LogP contribution in [0.3, 0.4) is 0 Å². The number of aromatic nitrogens is 1. The van der Waals surface area contributed by atoms with Gasteiger partial charge in [0.25, 0.3) is 10.0 Å². The molecule has 1 saturated heterocycles. The Balaban J connectivity index is 1.57. The van der Waals surface area contributed by atoms with Crippen molar-refractivity contribution in [3.05, 3.63) is 47.1 Å². The number of benzene rings is 1. The van der Waals surface area contributed by atoms with E-state index in [0.717, 1.165) is 25.3 Å². The van der Waals surface area contributed by atoms with Gasteiger partial charge < -0.3 is 9.80 Å². The Labute approximate surface area is 179 Å². The molecule has 1 saturated carbocycles. The van der Waals surface area contributed by atoms with Crippen LogP contribution < -0.4 is 9.62 Å². The lowest BCUT2D eigenvalue weighted by atomic mass is 9.77. The molecule has 0 bridgehead atoms. The molecule has 1 N–H and O–H groups in total. The van der Waals surface area contributed by atoms with Gasteiger partial charge >= 0.3 is 0 Å². The largest absolute Gasteiger partial charge is 0.369 e. The number of pyridine rings is 1. The summed E-state index contributed by atoms with van der Waals surface area (Å²) in [5.41, 5.74) is 0.304. The molecule has 2 heterocycles. The number of sulfonamides is 1. The van der Waals surface area contributed by atoms with Crippen LogP contribution in [-0.4, -0.2) is 51.5 Å². The van der Waals surface area contributed by atoms with E-state index in [-0.39, 0.29) is 16.9 Å². The summed E-state index contributed by atoms with van der Waals surface area (Å²) in [7, 11) is -0.427. The first-order chi connectivity index (χ1) is 14.1. The summed E-state index contributed by atoms with van der Waals surface area (Å²) in [5.74, 6) is -2.53. The highest BCUT2D eigenvalue weighted by Crippen LogP contribution is 2.49. The molecule has 2 aromatic rings. The van der Waals surface area contributed by atoms with Gasteiger partial charge in [0.1, 0.15) is 16.7 Å². The molecule has 0 unspecified atom stereocenters. The summed E-state index contributed by atoms with van der Waals surface area (Å²) in [6.07, 6.45) is 4.53. The smallest absolute Gasteiger partial charge is 0.268 e. The fraction of sp³-hybridized carbons (Fsp3) is 0.450. The molecule has 0 amide bonds. The second-order valence-electron chi connectivity index (χ2n) is 8.37. The van der Waals surface area contributed by atoms with Crippen molar-refractivity contribution in [1.82, 2.24) is 9.88 Å². The molecule has 4 rings (SSSR count). The van der Waals surface area contributed by atoms with Crippen molar-refractivity contribution in [1.29, 1.82) is 0 Å². The van der Waals surface area contributed by atoms with E-state index in [1.165, 1.54) is 12.3 Å². The maximum Gasteiger partial charge on any atom is 0.268 e. The van der Waals surface area contributed by atoms with Crippen molar-refractivity contribution < 1.29 is 17.2 Å². The molecular weight excluding hydrogens is 434 g/mol. The SMILES string of the molecule is CN(C)[C@@H]1CCC2(C1)CN(c1cc(F)c(S(=O)(=O)Nc3ccccn3)c(F)c1Cl)C2. The fourth-order valence-corrected chi connectivity index (χ4v) is 5.97. The minimum atomic E-state index is -4.54. The van der Waals surface area contributed by atoms with Crippen molar-refractivity contribution in [3.8, 4) is 0 Å². The van der Waals surface area contributed by atoms with Gasteiger partial charge in [0.05, 0.1) is 5.69 Å². The van der Waals surface area contributed by atoms with Crippen LogP contribution in [0, 0.1) is 17.0 Å². The van der Waals surface area contributed by atoms with Crippen molar-refractivity contribution >= 4 is 33.1 Å². The fourth-order valence-electron chi connectivity index (χ4n) is 4.49. The standard InChI is InChI=1S/C20H23ClF2N4O2S/c1-26(2)13-6-7-20(10-13)11-27(12-20)15-9-14(22)19(18(23)17(15)21)30(28,29)25-16-5-3-4-8-24-16/h3-5,8-9,13H,6-7,10-12H2,1-2H3,(H,24,25)/t13-/m1/s1. The summed E-state index contributed by atoms with van der Waals surface area (Å²) in [5, 5.41) is -0.394. The van der Waals surface area contributed by atoms with E-state index in [2.05, 4.69) is 28.7 Å². The van der Waals surface area contributed by atoms with Crippen molar-refractivity contribution in [2.24, 2.45) is 5.41 Å². The lowest BCUT2D eigenvalue weighted by Crippen LogP contribution is -2.56. The van der Waals surface area contributed by atoms with Crippen LogP contribution in [0.1, 0.15) is 19.3 Å². The first-order valence-corrected chi connectivity index (χ1v) is 11.5. The second kappa shape index (κ2) is 7.62. The lowest BCUT2D eigenvalue weighted by molar-refractivity contribution is 0.195. The predicted molar refractivity (Wildman–Crippen MR) is 112 cm³/mol. The van der Waals surface area contributed by atoms with Crippen molar-refractivity contribution in [3.63, 3.8) is 0 Å². The van der Waals surface area contributed by atoms with E-state index in [4.69, 9.17) is 11.6 Å². The van der Waals surface area contributed by atoms with E-state index >= 15 is 0 Å². The van der Waals surface area contributed by atoms with Gasteiger partial charge in [-0.05, 0) is 45.5 Å². The minimum absolute atomic E-state index is 0.0436. The Kier molecular flexibility index (Phi) is 5.40. The molecule has 162 valence electrons. The van der Waals surface area contributed by atoms with Gasteiger partial charge in [0.2, 0.25) is 0 Å². The predicted octanol–water partition coefficient (Wildman–Crippen LogP) is 3.73. The number of hydrogen-bond donors (Lipinski definition) is 1. The topological polar surface area (TPSA) is 65.5 Å². The van der Waals surface area contributed by atoms with Gasteiger partial charge in [-0.1, -0.05) is 17.7 Å². The molecule has 10 heteroatoms. The molecule has 1 spiro atoms. The molecule has 1 aromatic carbocycles. The number of hydrogen-bond acceptors (Lipinski definition) is 5. The zero-order valence-electron chi connectivity index (χ0n) is 16.7. The van der Waals surface area contributed by atoms with Crippen molar-refractivity contribution in [2.45, 2.75) is 30.2 Å². The summed E-state index contributed by atoms with van der Waals surface area (Å²) in [6, 6.07) is 6.03. The van der Waals surface area contributed by atoms with Crippen LogP contribution in [0.25, 0.3) is 0 Å². The Morgan fingerprint density at radius 3 is 2.63 bits per heavy atom. The van der Waals surface area contributed by atoms with Gasteiger partial charge in [0.15, 0.2) is 10.7 Å². The first-order valence-electron chi connectivity index (χ1n) is 9.65. The first kappa shape index (κ1) is 21.3. The highest BCUT2D eigenvalue weighted by atomic mass is 35.5. The van der Waals surface area contributed by atoms with E-state index in [9.17, 15) is 17.2 Å². The third kappa shape index (κ3) is 3.74. The lowest BCUT2D eigenvalue weighted by Gasteiger charge is -2.50. The molecule has 1 aromatic heterocycles. The molecule has 6 nitrogen and oxygen atoms in total. The molecule has 30 heavy (non-hydrogen) atoms. The van der Waals surface area contributed by atoms with Gasteiger partial charge in [-0.3, -0.25) is 4.72 Å². The second-order valence-corrected chi connectivity index (χ2v) is 10.4. The average molecular weight is 457 g/mol. The zero-order chi connectivity index (χ0) is 21.7. The number of rotatable bonds is 5. The summed E-state index contributed by atoms with van der Waals surface area (Å²) >= 11 is 6.16. The van der Waals surface area contributed by atoms with Gasteiger partial charge in [0, 0.05) is 36.8 Å². The normalized spacial score (nSPS) is 20.6. The van der Waals surface area contributed by atoms with Gasteiger partial charge in [-0.2, -0.15) is 0 Å². The highest BCUT2D eigenvalue weighted by molar-refractivity contribution is 7.92. The Bertz CT molecular complexity index is 1060. The number of halogens is 3.